The molecule has 0 atom stereocenters. The molecule has 0 unspecified atom stereocenters. The van der Waals surface area contributed by atoms with Gasteiger partial charge < -0.3 is 9.42 Å². The molecule has 0 N–H and O–H groups in total. The molecule has 0 aliphatic carbocycles. The van der Waals surface area contributed by atoms with E-state index in [2.05, 4.69) is 12.1 Å². The molecule has 5 heteroatoms. The number of hydrogen-bond acceptors (Lipinski definition) is 4. The number of aryl methyl sites for hydroxylation is 1. The molecule has 1 aliphatic heterocycles. The summed E-state index contributed by atoms with van der Waals surface area (Å²) in [5, 5.41) is 3.94. The maximum absolute atomic E-state index is 12.2. The van der Waals surface area contributed by atoms with Gasteiger partial charge in [-0.25, -0.2) is 0 Å². The molecule has 1 aliphatic rings. The average Bonchev–Trinajstić information content (AvgIpc) is 2.75. The number of rotatable bonds is 4. The van der Waals surface area contributed by atoms with Gasteiger partial charge in [-0.3, -0.25) is 9.69 Å². The first-order valence-corrected chi connectivity index (χ1v) is 6.93. The third-order valence-corrected chi connectivity index (χ3v) is 3.65. The summed E-state index contributed by atoms with van der Waals surface area (Å²) in [6.07, 6.45) is 2.25. The van der Waals surface area contributed by atoms with Crippen LogP contribution in [0, 0.1) is 12.8 Å². The summed E-state index contributed by atoms with van der Waals surface area (Å²) in [7, 11) is 1.94. The smallest absolute Gasteiger partial charge is 0.236 e. The fourth-order valence-electron chi connectivity index (χ4n) is 2.41. The third-order valence-electron chi connectivity index (χ3n) is 3.65. The average molecular weight is 265 g/mol. The van der Waals surface area contributed by atoms with Crippen LogP contribution >= 0.6 is 0 Å². The minimum Gasteiger partial charge on any atom is -0.361 e. The lowest BCUT2D eigenvalue weighted by atomic mass is 9.99. The highest BCUT2D eigenvalue weighted by molar-refractivity contribution is 5.78. The predicted molar refractivity (Wildman–Crippen MR) is 72.6 cm³/mol. The lowest BCUT2D eigenvalue weighted by molar-refractivity contribution is -0.133. The SMILES string of the molecule is Cc1cc(CN(C)CC(=O)N2CCC(C)CC2)no1. The minimum absolute atomic E-state index is 0.217. The Morgan fingerprint density at radius 3 is 2.79 bits per heavy atom. The maximum Gasteiger partial charge on any atom is 0.236 e. The molecule has 1 aromatic heterocycles. The van der Waals surface area contributed by atoms with Crippen molar-refractivity contribution in [2.75, 3.05) is 26.7 Å². The van der Waals surface area contributed by atoms with Crippen molar-refractivity contribution in [3.8, 4) is 0 Å². The highest BCUT2D eigenvalue weighted by Gasteiger charge is 2.21. The Morgan fingerprint density at radius 1 is 1.53 bits per heavy atom. The standard InChI is InChI=1S/C14H23N3O2/c1-11-4-6-17(7-5-11)14(18)10-16(3)9-13-8-12(2)19-15-13/h8,11H,4-7,9-10H2,1-3H3. The van der Waals surface area contributed by atoms with Crippen LogP contribution in [-0.2, 0) is 11.3 Å². The first-order chi connectivity index (χ1) is 9.04. The van der Waals surface area contributed by atoms with Crippen LogP contribution in [-0.4, -0.2) is 47.5 Å². The van der Waals surface area contributed by atoms with Crippen molar-refractivity contribution in [2.24, 2.45) is 5.92 Å². The fourth-order valence-corrected chi connectivity index (χ4v) is 2.41. The number of carbonyl (C=O) groups excluding carboxylic acids is 1. The second kappa shape index (κ2) is 6.19. The second-order valence-electron chi connectivity index (χ2n) is 5.66. The lowest BCUT2D eigenvalue weighted by Gasteiger charge is -2.31. The number of hydrogen-bond donors (Lipinski definition) is 0. The van der Waals surface area contributed by atoms with E-state index < -0.39 is 0 Å². The van der Waals surface area contributed by atoms with Crippen molar-refractivity contribution >= 4 is 5.91 Å². The number of amides is 1. The molecular formula is C14H23N3O2. The molecule has 5 nitrogen and oxygen atoms in total. The molecule has 1 aromatic rings. The van der Waals surface area contributed by atoms with E-state index in [1.807, 2.05) is 29.8 Å². The van der Waals surface area contributed by atoms with Crippen LogP contribution in [0.1, 0.15) is 31.2 Å². The first kappa shape index (κ1) is 14.1. The van der Waals surface area contributed by atoms with Crippen molar-refractivity contribution in [3.63, 3.8) is 0 Å². The van der Waals surface area contributed by atoms with Crippen LogP contribution in [0.5, 0.6) is 0 Å². The maximum atomic E-state index is 12.2. The summed E-state index contributed by atoms with van der Waals surface area (Å²) >= 11 is 0. The molecule has 1 fully saturated rings. The number of aromatic nitrogens is 1. The number of piperidine rings is 1. The van der Waals surface area contributed by atoms with E-state index in [0.717, 1.165) is 43.3 Å². The molecule has 1 amide bonds. The van der Waals surface area contributed by atoms with Crippen molar-refractivity contribution in [1.82, 2.24) is 15.0 Å². The van der Waals surface area contributed by atoms with Crippen LogP contribution in [0.2, 0.25) is 0 Å². The van der Waals surface area contributed by atoms with Crippen LogP contribution in [0.4, 0.5) is 0 Å². The van der Waals surface area contributed by atoms with Gasteiger partial charge in [0.2, 0.25) is 5.91 Å². The number of carbonyl (C=O) groups is 1. The van der Waals surface area contributed by atoms with E-state index >= 15 is 0 Å². The van der Waals surface area contributed by atoms with Crippen molar-refractivity contribution in [3.05, 3.63) is 17.5 Å². The van der Waals surface area contributed by atoms with Gasteiger partial charge in [0.05, 0.1) is 12.2 Å². The Balaban J connectivity index is 1.78. The van der Waals surface area contributed by atoms with E-state index in [0.29, 0.717) is 13.1 Å². The normalized spacial score (nSPS) is 17.2. The highest BCUT2D eigenvalue weighted by Crippen LogP contribution is 2.16. The van der Waals surface area contributed by atoms with Gasteiger partial charge in [-0.2, -0.15) is 0 Å². The molecule has 2 heterocycles. The van der Waals surface area contributed by atoms with Gasteiger partial charge in [0.25, 0.3) is 0 Å². The third kappa shape index (κ3) is 4.06. The van der Waals surface area contributed by atoms with Crippen molar-refractivity contribution in [1.29, 1.82) is 0 Å². The largest absolute Gasteiger partial charge is 0.361 e. The molecule has 19 heavy (non-hydrogen) atoms. The van der Waals surface area contributed by atoms with E-state index in [1.165, 1.54) is 0 Å². The molecule has 0 spiro atoms. The molecule has 0 bridgehead atoms. The molecule has 106 valence electrons. The van der Waals surface area contributed by atoms with Crippen molar-refractivity contribution in [2.45, 2.75) is 33.2 Å². The van der Waals surface area contributed by atoms with Gasteiger partial charge in [-0.15, -0.1) is 0 Å². The van der Waals surface area contributed by atoms with Gasteiger partial charge in [0.1, 0.15) is 5.76 Å². The van der Waals surface area contributed by atoms with Gasteiger partial charge in [-0.05, 0) is 32.7 Å². The Morgan fingerprint density at radius 2 is 2.21 bits per heavy atom. The van der Waals surface area contributed by atoms with Crippen LogP contribution in [0.15, 0.2) is 10.6 Å². The number of likely N-dealkylation sites (N-methyl/N-ethyl adjacent to an activating group) is 1. The van der Waals surface area contributed by atoms with Gasteiger partial charge in [-0.1, -0.05) is 12.1 Å². The predicted octanol–water partition coefficient (Wildman–Crippen LogP) is 1.67. The Bertz CT molecular complexity index is 422. The summed E-state index contributed by atoms with van der Waals surface area (Å²) in [6, 6.07) is 1.91. The lowest BCUT2D eigenvalue weighted by Crippen LogP contribution is -2.42. The van der Waals surface area contributed by atoms with Crippen LogP contribution in [0.3, 0.4) is 0 Å². The zero-order valence-electron chi connectivity index (χ0n) is 12.1. The fraction of sp³-hybridized carbons (Fsp3) is 0.714. The Hall–Kier alpha value is -1.36. The monoisotopic (exact) mass is 265 g/mol. The molecule has 1 saturated heterocycles. The highest BCUT2D eigenvalue weighted by atomic mass is 16.5. The van der Waals surface area contributed by atoms with E-state index in [4.69, 9.17) is 4.52 Å². The molecule has 0 saturated carbocycles. The molecule has 2 rings (SSSR count). The van der Waals surface area contributed by atoms with Gasteiger partial charge >= 0.3 is 0 Å². The summed E-state index contributed by atoms with van der Waals surface area (Å²) in [5.41, 5.74) is 0.875. The van der Waals surface area contributed by atoms with Crippen LogP contribution in [0.25, 0.3) is 0 Å². The molecule has 0 radical (unpaired) electrons. The summed E-state index contributed by atoms with van der Waals surface area (Å²) < 4.78 is 5.03. The number of nitrogens with zero attached hydrogens (tertiary/aromatic N) is 3. The van der Waals surface area contributed by atoms with Crippen molar-refractivity contribution < 1.29 is 9.32 Å². The molecular weight excluding hydrogens is 242 g/mol. The van der Waals surface area contributed by atoms with E-state index in [-0.39, 0.29) is 5.91 Å². The summed E-state index contributed by atoms with van der Waals surface area (Å²) in [6.45, 7) is 7.01. The zero-order valence-corrected chi connectivity index (χ0v) is 12.1. The van der Waals surface area contributed by atoms with E-state index in [9.17, 15) is 4.79 Å². The minimum atomic E-state index is 0.217. The summed E-state index contributed by atoms with van der Waals surface area (Å²) in [4.78, 5) is 16.1. The zero-order chi connectivity index (χ0) is 13.8. The first-order valence-electron chi connectivity index (χ1n) is 6.93. The summed E-state index contributed by atoms with van der Waals surface area (Å²) in [5.74, 6) is 1.77. The van der Waals surface area contributed by atoms with Gasteiger partial charge in [0, 0.05) is 25.7 Å². The van der Waals surface area contributed by atoms with Crippen LogP contribution < -0.4 is 0 Å². The van der Waals surface area contributed by atoms with Gasteiger partial charge in [0.15, 0.2) is 0 Å². The Kier molecular flexibility index (Phi) is 4.58. The number of likely N-dealkylation sites (tertiary alicyclic amines) is 1. The second-order valence-corrected chi connectivity index (χ2v) is 5.66. The Labute approximate surface area is 114 Å². The topological polar surface area (TPSA) is 49.6 Å². The quantitative estimate of drug-likeness (QED) is 0.831. The van der Waals surface area contributed by atoms with E-state index in [1.54, 1.807) is 0 Å². The molecule has 0 aromatic carbocycles.